The Kier molecular flexibility index (Phi) is 5.48. The number of unbranched alkanes of at least 4 members (excludes halogenated alkanes) is 1. The van der Waals surface area contributed by atoms with Crippen LogP contribution in [0.5, 0.6) is 0 Å². The summed E-state index contributed by atoms with van der Waals surface area (Å²) in [5, 5.41) is 0. The van der Waals surface area contributed by atoms with Crippen molar-refractivity contribution in [3.63, 3.8) is 0 Å². The normalized spacial score (nSPS) is 12.6. The van der Waals surface area contributed by atoms with Crippen LogP contribution in [-0.4, -0.2) is 17.4 Å². The SMILES string of the molecule is C=COCCCCC(F)(F)C(F)(F)Br. The molecule has 0 aliphatic carbocycles. The molecule has 0 bridgehead atoms. The Labute approximate surface area is 88.2 Å². The predicted octanol–water partition coefficient (Wildman–Crippen LogP) is 3.94. The summed E-state index contributed by atoms with van der Waals surface area (Å²) < 4.78 is 54.2. The first kappa shape index (κ1) is 13.7. The molecule has 0 aromatic carbocycles. The highest BCUT2D eigenvalue weighted by molar-refractivity contribution is 9.10. The van der Waals surface area contributed by atoms with Crippen molar-refractivity contribution >= 4 is 15.9 Å². The van der Waals surface area contributed by atoms with Gasteiger partial charge in [-0.2, -0.15) is 17.6 Å². The lowest BCUT2D eigenvalue weighted by atomic mass is 10.1. The summed E-state index contributed by atoms with van der Waals surface area (Å²) in [4.78, 5) is -4.14. The second-order valence-corrected chi connectivity index (χ2v) is 3.69. The lowest BCUT2D eigenvalue weighted by molar-refractivity contribution is -0.152. The molecule has 14 heavy (non-hydrogen) atoms. The van der Waals surface area contributed by atoms with Gasteiger partial charge in [0.1, 0.15) is 0 Å². The second-order valence-electron chi connectivity index (χ2n) is 2.70. The highest BCUT2D eigenvalue weighted by Gasteiger charge is 2.53. The molecule has 0 spiro atoms. The van der Waals surface area contributed by atoms with Crippen LogP contribution in [0.2, 0.25) is 0 Å². The van der Waals surface area contributed by atoms with E-state index < -0.39 is 17.2 Å². The molecule has 0 rings (SSSR count). The maximum atomic E-state index is 12.6. The van der Waals surface area contributed by atoms with Gasteiger partial charge in [0.25, 0.3) is 0 Å². The van der Waals surface area contributed by atoms with Crippen molar-refractivity contribution in [3.05, 3.63) is 12.8 Å². The average molecular weight is 279 g/mol. The highest BCUT2D eigenvalue weighted by Crippen LogP contribution is 2.42. The molecule has 0 atom stereocenters. The zero-order chi connectivity index (χ0) is 11.2. The molecule has 84 valence electrons. The summed E-state index contributed by atoms with van der Waals surface area (Å²) in [6.45, 7) is 3.46. The van der Waals surface area contributed by atoms with Gasteiger partial charge in [-0.05, 0) is 28.8 Å². The van der Waals surface area contributed by atoms with E-state index in [4.69, 9.17) is 0 Å². The molecule has 0 unspecified atom stereocenters. The molecule has 1 nitrogen and oxygen atoms in total. The molecule has 0 saturated carbocycles. The smallest absolute Gasteiger partial charge is 0.363 e. The molecule has 0 heterocycles. The Hall–Kier alpha value is -0.260. The molecule has 0 aliphatic heterocycles. The van der Waals surface area contributed by atoms with E-state index in [0.717, 1.165) is 0 Å². The number of ether oxygens (including phenoxy) is 1. The van der Waals surface area contributed by atoms with Gasteiger partial charge < -0.3 is 4.74 Å². The van der Waals surface area contributed by atoms with Crippen LogP contribution in [-0.2, 0) is 4.74 Å². The van der Waals surface area contributed by atoms with E-state index in [-0.39, 0.29) is 13.0 Å². The van der Waals surface area contributed by atoms with Crippen LogP contribution in [0, 0.1) is 0 Å². The van der Waals surface area contributed by atoms with Gasteiger partial charge in [-0.15, -0.1) is 0 Å². The number of rotatable bonds is 7. The third-order valence-corrected chi connectivity index (χ3v) is 2.12. The van der Waals surface area contributed by atoms with Crippen molar-refractivity contribution in [3.8, 4) is 0 Å². The third kappa shape index (κ3) is 4.83. The van der Waals surface area contributed by atoms with Crippen LogP contribution in [0.15, 0.2) is 12.8 Å². The molecule has 0 amide bonds. The Morgan fingerprint density at radius 1 is 1.21 bits per heavy atom. The minimum absolute atomic E-state index is 0.0258. The Bertz CT molecular complexity index is 179. The first-order valence-corrected chi connectivity index (χ1v) is 4.77. The third-order valence-electron chi connectivity index (χ3n) is 1.54. The summed E-state index contributed by atoms with van der Waals surface area (Å²) in [5.41, 5.74) is 0. The summed E-state index contributed by atoms with van der Waals surface area (Å²) in [5.74, 6) is -4.01. The fourth-order valence-corrected chi connectivity index (χ4v) is 0.956. The quantitative estimate of drug-likeness (QED) is 0.297. The number of hydrogen-bond donors (Lipinski definition) is 0. The van der Waals surface area contributed by atoms with Gasteiger partial charge in [0.2, 0.25) is 0 Å². The molecule has 0 fully saturated rings. The van der Waals surface area contributed by atoms with E-state index >= 15 is 0 Å². The summed E-state index contributed by atoms with van der Waals surface area (Å²) in [6.07, 6.45) is 0.579. The molecule has 0 N–H and O–H groups in total. The first-order valence-electron chi connectivity index (χ1n) is 3.98. The van der Waals surface area contributed by atoms with Gasteiger partial charge >= 0.3 is 10.8 Å². The van der Waals surface area contributed by atoms with E-state index in [9.17, 15) is 17.6 Å². The van der Waals surface area contributed by atoms with Crippen LogP contribution in [0.3, 0.4) is 0 Å². The summed E-state index contributed by atoms with van der Waals surface area (Å²) >= 11 is 1.65. The molecule has 6 heteroatoms. The van der Waals surface area contributed by atoms with Crippen LogP contribution in [0.25, 0.3) is 0 Å². The maximum Gasteiger partial charge on any atom is 0.363 e. The summed E-state index contributed by atoms with van der Waals surface area (Å²) in [7, 11) is 0. The van der Waals surface area contributed by atoms with Gasteiger partial charge in [-0.1, -0.05) is 6.58 Å². The number of halogens is 5. The largest absolute Gasteiger partial charge is 0.502 e. The molecular weight excluding hydrogens is 268 g/mol. The average Bonchev–Trinajstić information content (AvgIpc) is 2.02. The lowest BCUT2D eigenvalue weighted by Gasteiger charge is -2.21. The highest BCUT2D eigenvalue weighted by atomic mass is 79.9. The van der Waals surface area contributed by atoms with E-state index in [1.807, 2.05) is 0 Å². The first-order chi connectivity index (χ1) is 6.31. The zero-order valence-electron chi connectivity index (χ0n) is 7.41. The van der Waals surface area contributed by atoms with Crippen molar-refractivity contribution < 1.29 is 22.3 Å². The minimum atomic E-state index is -4.14. The number of hydrogen-bond acceptors (Lipinski definition) is 1. The topological polar surface area (TPSA) is 9.23 Å². The van der Waals surface area contributed by atoms with E-state index in [0.29, 0.717) is 6.42 Å². The maximum absolute atomic E-state index is 12.6. The summed E-state index contributed by atoms with van der Waals surface area (Å²) in [6, 6.07) is 0. The molecule has 0 aromatic rings. The molecule has 0 aromatic heterocycles. The Morgan fingerprint density at radius 2 is 1.79 bits per heavy atom. The van der Waals surface area contributed by atoms with Crippen LogP contribution < -0.4 is 0 Å². The monoisotopic (exact) mass is 278 g/mol. The van der Waals surface area contributed by atoms with E-state index in [2.05, 4.69) is 11.3 Å². The van der Waals surface area contributed by atoms with Crippen LogP contribution in [0.1, 0.15) is 19.3 Å². The second kappa shape index (κ2) is 5.58. The van der Waals surface area contributed by atoms with Crippen molar-refractivity contribution in [1.82, 2.24) is 0 Å². The van der Waals surface area contributed by atoms with E-state index in [1.54, 1.807) is 15.9 Å². The van der Waals surface area contributed by atoms with Gasteiger partial charge in [-0.25, -0.2) is 0 Å². The van der Waals surface area contributed by atoms with Gasteiger partial charge in [0, 0.05) is 6.42 Å². The fraction of sp³-hybridized carbons (Fsp3) is 0.750. The molecule has 0 aliphatic rings. The van der Waals surface area contributed by atoms with Crippen LogP contribution in [0.4, 0.5) is 17.6 Å². The van der Waals surface area contributed by atoms with E-state index in [1.165, 1.54) is 6.26 Å². The molecule has 0 radical (unpaired) electrons. The minimum Gasteiger partial charge on any atom is -0.502 e. The van der Waals surface area contributed by atoms with Crippen LogP contribution >= 0.6 is 15.9 Å². The van der Waals surface area contributed by atoms with Crippen molar-refractivity contribution in [2.75, 3.05) is 6.61 Å². The van der Waals surface area contributed by atoms with Crippen molar-refractivity contribution in [2.45, 2.75) is 30.0 Å². The molecular formula is C8H11BrF4O. The standard InChI is InChI=1S/C8H11BrF4O/c1-2-14-6-4-3-5-7(10,11)8(9,12)13/h2H,1,3-6H2. The predicted molar refractivity (Wildman–Crippen MR) is 48.8 cm³/mol. The van der Waals surface area contributed by atoms with Crippen molar-refractivity contribution in [2.24, 2.45) is 0 Å². The fourth-order valence-electron chi connectivity index (χ4n) is 0.757. The molecule has 0 saturated heterocycles. The van der Waals surface area contributed by atoms with Gasteiger partial charge in [-0.3, -0.25) is 0 Å². The van der Waals surface area contributed by atoms with Gasteiger partial charge in [0.15, 0.2) is 0 Å². The van der Waals surface area contributed by atoms with Gasteiger partial charge in [0.05, 0.1) is 12.9 Å². The van der Waals surface area contributed by atoms with Crippen molar-refractivity contribution in [1.29, 1.82) is 0 Å². The number of alkyl halides is 5. The Balaban J connectivity index is 3.72. The Morgan fingerprint density at radius 3 is 2.21 bits per heavy atom. The zero-order valence-corrected chi connectivity index (χ0v) is 9.00. The lowest BCUT2D eigenvalue weighted by Crippen LogP contribution is -2.34.